The van der Waals surface area contributed by atoms with Gasteiger partial charge >= 0.3 is 0 Å². The molecular formula is C18H23N3O3. The van der Waals surface area contributed by atoms with Crippen LogP contribution in [0, 0.1) is 6.92 Å². The van der Waals surface area contributed by atoms with E-state index in [9.17, 15) is 9.59 Å². The number of furan rings is 1. The Labute approximate surface area is 141 Å². The predicted octanol–water partition coefficient (Wildman–Crippen LogP) is 2.16. The molecule has 1 aromatic heterocycles. The van der Waals surface area contributed by atoms with Gasteiger partial charge in [-0.1, -0.05) is 17.7 Å². The van der Waals surface area contributed by atoms with E-state index in [1.54, 1.807) is 37.3 Å². The van der Waals surface area contributed by atoms with Crippen molar-refractivity contribution in [2.45, 2.75) is 26.4 Å². The number of carbonyl (C=O) groups is 2. The zero-order valence-electron chi connectivity index (χ0n) is 14.2. The number of hydrogen-bond donors (Lipinski definition) is 2. The molecule has 0 aliphatic rings. The Bertz CT molecular complexity index is 665. The second-order valence-corrected chi connectivity index (χ2v) is 5.80. The first kappa shape index (κ1) is 17.7. The Morgan fingerprint density at radius 3 is 2.54 bits per heavy atom. The molecule has 0 radical (unpaired) electrons. The molecule has 0 unspecified atom stereocenters. The summed E-state index contributed by atoms with van der Waals surface area (Å²) in [6.07, 6.45) is 1.56. The van der Waals surface area contributed by atoms with Gasteiger partial charge in [0, 0.05) is 5.69 Å². The monoisotopic (exact) mass is 329 g/mol. The standard InChI is InChI=1S/C18H23N3O3/c1-13-6-8-15(9-7-13)20-18(23)14(2)21(3)12-17(22)19-11-16-5-4-10-24-16/h4-10,14H,11-12H2,1-3H3,(H,19,22)(H,20,23)/t14-/m0/s1. The summed E-state index contributed by atoms with van der Waals surface area (Å²) in [5, 5.41) is 5.61. The van der Waals surface area contributed by atoms with Crippen molar-refractivity contribution in [1.82, 2.24) is 10.2 Å². The minimum atomic E-state index is -0.430. The fourth-order valence-corrected chi connectivity index (χ4v) is 2.10. The van der Waals surface area contributed by atoms with Gasteiger partial charge in [-0.25, -0.2) is 0 Å². The van der Waals surface area contributed by atoms with Crippen molar-refractivity contribution in [3.63, 3.8) is 0 Å². The third kappa shape index (κ3) is 5.24. The molecule has 6 heteroatoms. The van der Waals surface area contributed by atoms with Crippen LogP contribution in [0.15, 0.2) is 47.1 Å². The summed E-state index contributed by atoms with van der Waals surface area (Å²) in [4.78, 5) is 25.9. The van der Waals surface area contributed by atoms with Crippen LogP contribution in [-0.2, 0) is 16.1 Å². The van der Waals surface area contributed by atoms with Crippen LogP contribution in [0.4, 0.5) is 5.69 Å². The van der Waals surface area contributed by atoms with Crippen molar-refractivity contribution in [3.05, 3.63) is 54.0 Å². The molecule has 0 spiro atoms. The van der Waals surface area contributed by atoms with Gasteiger partial charge in [0.15, 0.2) is 0 Å². The third-order valence-electron chi connectivity index (χ3n) is 3.79. The fourth-order valence-electron chi connectivity index (χ4n) is 2.10. The van der Waals surface area contributed by atoms with Gasteiger partial charge in [0.1, 0.15) is 5.76 Å². The number of nitrogens with zero attached hydrogens (tertiary/aromatic N) is 1. The van der Waals surface area contributed by atoms with Gasteiger partial charge in [0.05, 0.1) is 25.4 Å². The predicted molar refractivity (Wildman–Crippen MR) is 92.5 cm³/mol. The molecule has 1 heterocycles. The highest BCUT2D eigenvalue weighted by atomic mass is 16.3. The fraction of sp³-hybridized carbons (Fsp3) is 0.333. The second-order valence-electron chi connectivity index (χ2n) is 5.80. The summed E-state index contributed by atoms with van der Waals surface area (Å²) in [5.74, 6) is 0.375. The molecule has 24 heavy (non-hydrogen) atoms. The van der Waals surface area contributed by atoms with Crippen LogP contribution >= 0.6 is 0 Å². The summed E-state index contributed by atoms with van der Waals surface area (Å²) in [5.41, 5.74) is 1.87. The number of aryl methyl sites for hydroxylation is 1. The summed E-state index contributed by atoms with van der Waals surface area (Å²) < 4.78 is 5.16. The van der Waals surface area contributed by atoms with E-state index in [1.807, 2.05) is 31.2 Å². The number of likely N-dealkylation sites (N-methyl/N-ethyl adjacent to an activating group) is 1. The van der Waals surface area contributed by atoms with Crippen LogP contribution in [-0.4, -0.2) is 36.3 Å². The maximum absolute atomic E-state index is 12.3. The van der Waals surface area contributed by atoms with Gasteiger partial charge in [0.25, 0.3) is 0 Å². The first-order chi connectivity index (χ1) is 11.5. The van der Waals surface area contributed by atoms with Crippen LogP contribution in [0.3, 0.4) is 0 Å². The first-order valence-electron chi connectivity index (χ1n) is 7.82. The number of carbonyl (C=O) groups excluding carboxylic acids is 2. The highest BCUT2D eigenvalue weighted by Crippen LogP contribution is 2.10. The Kier molecular flexibility index (Phi) is 6.14. The van der Waals surface area contributed by atoms with Gasteiger partial charge in [-0.15, -0.1) is 0 Å². The van der Waals surface area contributed by atoms with Crippen molar-refractivity contribution in [2.24, 2.45) is 0 Å². The van der Waals surface area contributed by atoms with Crippen molar-refractivity contribution in [3.8, 4) is 0 Å². The van der Waals surface area contributed by atoms with Crippen LogP contribution in [0.25, 0.3) is 0 Å². The van der Waals surface area contributed by atoms with E-state index in [0.717, 1.165) is 11.3 Å². The largest absolute Gasteiger partial charge is 0.467 e. The van der Waals surface area contributed by atoms with Crippen molar-refractivity contribution >= 4 is 17.5 Å². The van der Waals surface area contributed by atoms with E-state index in [0.29, 0.717) is 12.3 Å². The molecule has 2 rings (SSSR count). The van der Waals surface area contributed by atoms with Crippen molar-refractivity contribution in [2.75, 3.05) is 18.9 Å². The minimum absolute atomic E-state index is 0.128. The molecule has 2 N–H and O–H groups in total. The lowest BCUT2D eigenvalue weighted by molar-refractivity contribution is -0.125. The molecule has 0 aliphatic heterocycles. The molecule has 0 bridgehead atoms. The van der Waals surface area contributed by atoms with Gasteiger partial charge in [-0.3, -0.25) is 14.5 Å². The minimum Gasteiger partial charge on any atom is -0.467 e. The molecule has 6 nitrogen and oxygen atoms in total. The summed E-state index contributed by atoms with van der Waals surface area (Å²) >= 11 is 0. The molecule has 2 amide bonds. The lowest BCUT2D eigenvalue weighted by Gasteiger charge is -2.23. The number of hydrogen-bond acceptors (Lipinski definition) is 4. The average Bonchev–Trinajstić information content (AvgIpc) is 3.07. The van der Waals surface area contributed by atoms with Crippen LogP contribution in [0.5, 0.6) is 0 Å². The van der Waals surface area contributed by atoms with E-state index in [1.165, 1.54) is 0 Å². The van der Waals surface area contributed by atoms with Gasteiger partial charge in [0.2, 0.25) is 11.8 Å². The zero-order chi connectivity index (χ0) is 17.5. The number of amides is 2. The quantitative estimate of drug-likeness (QED) is 0.816. The number of benzene rings is 1. The maximum Gasteiger partial charge on any atom is 0.241 e. The van der Waals surface area contributed by atoms with E-state index >= 15 is 0 Å². The SMILES string of the molecule is Cc1ccc(NC(=O)[C@H](C)N(C)CC(=O)NCc2ccco2)cc1. The molecule has 0 fully saturated rings. The highest BCUT2D eigenvalue weighted by Gasteiger charge is 2.20. The highest BCUT2D eigenvalue weighted by molar-refractivity contribution is 5.94. The lowest BCUT2D eigenvalue weighted by atomic mass is 10.2. The number of rotatable bonds is 7. The molecule has 1 aromatic carbocycles. The molecule has 2 aromatic rings. The number of nitrogens with one attached hydrogen (secondary N) is 2. The van der Waals surface area contributed by atoms with Gasteiger partial charge < -0.3 is 15.1 Å². The van der Waals surface area contributed by atoms with Crippen LogP contribution in [0.2, 0.25) is 0 Å². The Morgan fingerprint density at radius 1 is 1.21 bits per heavy atom. The topological polar surface area (TPSA) is 74.6 Å². The van der Waals surface area contributed by atoms with E-state index in [4.69, 9.17) is 4.42 Å². The van der Waals surface area contributed by atoms with E-state index in [-0.39, 0.29) is 18.4 Å². The summed E-state index contributed by atoms with van der Waals surface area (Å²) in [6.45, 7) is 4.22. The van der Waals surface area contributed by atoms with Crippen LogP contribution < -0.4 is 10.6 Å². The Hall–Kier alpha value is -2.60. The second kappa shape index (κ2) is 8.31. The van der Waals surface area contributed by atoms with Crippen molar-refractivity contribution < 1.29 is 14.0 Å². The first-order valence-corrected chi connectivity index (χ1v) is 7.82. The molecular weight excluding hydrogens is 306 g/mol. The molecule has 1 atom stereocenters. The van der Waals surface area contributed by atoms with E-state index in [2.05, 4.69) is 10.6 Å². The molecule has 128 valence electrons. The third-order valence-corrected chi connectivity index (χ3v) is 3.79. The lowest BCUT2D eigenvalue weighted by Crippen LogP contribution is -2.44. The normalized spacial score (nSPS) is 12.0. The van der Waals surface area contributed by atoms with Gasteiger partial charge in [-0.2, -0.15) is 0 Å². The summed E-state index contributed by atoms with van der Waals surface area (Å²) in [6, 6.07) is 10.7. The number of anilines is 1. The summed E-state index contributed by atoms with van der Waals surface area (Å²) in [7, 11) is 1.74. The Morgan fingerprint density at radius 2 is 1.92 bits per heavy atom. The van der Waals surface area contributed by atoms with Crippen molar-refractivity contribution in [1.29, 1.82) is 0 Å². The van der Waals surface area contributed by atoms with E-state index < -0.39 is 6.04 Å². The molecule has 0 aliphatic carbocycles. The average molecular weight is 329 g/mol. The smallest absolute Gasteiger partial charge is 0.241 e. The van der Waals surface area contributed by atoms with Crippen LogP contribution in [0.1, 0.15) is 18.2 Å². The molecule has 0 saturated carbocycles. The maximum atomic E-state index is 12.3. The Balaban J connectivity index is 1.79. The zero-order valence-corrected chi connectivity index (χ0v) is 14.2. The van der Waals surface area contributed by atoms with Gasteiger partial charge in [-0.05, 0) is 45.2 Å². The molecule has 0 saturated heterocycles.